The van der Waals surface area contributed by atoms with Gasteiger partial charge in [0.1, 0.15) is 12.1 Å². The molecule has 4 bridgehead atoms. The number of Topliss-reactive ketones (excluding diaryl/α,β-unsaturated/α-hetero) is 1. The van der Waals surface area contributed by atoms with Crippen LogP contribution in [0.15, 0.2) is 30.3 Å². The molecule has 0 aliphatic carbocycles. The van der Waals surface area contributed by atoms with Crippen molar-refractivity contribution in [3.8, 4) is 11.1 Å². The molecule has 3 N–H and O–H groups in total. The third-order valence-electron chi connectivity index (χ3n) is 7.05. The van der Waals surface area contributed by atoms with E-state index in [0.717, 1.165) is 33.4 Å². The maximum Gasteiger partial charge on any atom is 0.328 e. The van der Waals surface area contributed by atoms with Gasteiger partial charge in [0.25, 0.3) is 0 Å². The van der Waals surface area contributed by atoms with Gasteiger partial charge in [0, 0.05) is 25.8 Å². The lowest BCUT2D eigenvalue weighted by Gasteiger charge is -2.29. The molecule has 0 saturated carbocycles. The number of hydrogen-bond acceptors (Lipinski definition) is 6. The number of likely N-dealkylation sites (N-methyl/N-ethyl adjacent to an activating group) is 1. The largest absolute Gasteiger partial charge is 0.467 e. The monoisotopic (exact) mass is 493 g/mol. The van der Waals surface area contributed by atoms with Crippen LogP contribution < -0.4 is 11.1 Å². The van der Waals surface area contributed by atoms with Crippen molar-refractivity contribution in [2.24, 2.45) is 11.7 Å². The molecule has 0 spiro atoms. The van der Waals surface area contributed by atoms with E-state index in [1.165, 1.54) is 12.0 Å². The predicted molar refractivity (Wildman–Crippen MR) is 137 cm³/mol. The van der Waals surface area contributed by atoms with Gasteiger partial charge in [-0.25, -0.2) is 4.79 Å². The molecular formula is C28H35N3O5. The number of ether oxygens (including phenoxy) is 1. The van der Waals surface area contributed by atoms with Crippen LogP contribution in [0.3, 0.4) is 0 Å². The van der Waals surface area contributed by atoms with E-state index in [-0.39, 0.29) is 31.1 Å². The molecule has 1 heterocycles. The van der Waals surface area contributed by atoms with Crippen LogP contribution in [-0.4, -0.2) is 55.2 Å². The average Bonchev–Trinajstić information content (AvgIpc) is 2.85. The standard InChI is InChI=1S/C28H35N3O5/c1-15-7-8-20-13-21(15)22-11-19(9-16(2)18(22)4)12-23(28(35)36-6)30-27(34)17(3)10-24(32)26(20)31(5)25(33)14-29/h7-9,11,13,17,23,26H,10,12,14,29H2,1-6H3,(H,30,34)/t17-,23+,26+/m1/s1. The zero-order valence-corrected chi connectivity index (χ0v) is 21.8. The zero-order valence-electron chi connectivity index (χ0n) is 21.8. The Balaban J connectivity index is 2.28. The number of ketones is 1. The second kappa shape index (κ2) is 11.0. The van der Waals surface area contributed by atoms with Gasteiger partial charge in [0.2, 0.25) is 11.8 Å². The summed E-state index contributed by atoms with van der Waals surface area (Å²) in [4.78, 5) is 53.0. The molecule has 0 fully saturated rings. The summed E-state index contributed by atoms with van der Waals surface area (Å²) in [7, 11) is 2.83. The molecule has 3 atom stereocenters. The number of rotatable bonds is 3. The SMILES string of the molecule is COC(=O)[C@@H]1Cc2cc(C)c(C)c(c2)-c2cc(ccc2C)[C@H](N(C)C(=O)CN)C(=O)C[C@@H](C)C(=O)N1. The van der Waals surface area contributed by atoms with Gasteiger partial charge in [-0.3, -0.25) is 14.4 Å². The van der Waals surface area contributed by atoms with Gasteiger partial charge < -0.3 is 20.7 Å². The number of carbonyl (C=O) groups is 4. The number of fused-ring (bicyclic) bond motifs is 5. The summed E-state index contributed by atoms with van der Waals surface area (Å²) in [5, 5.41) is 2.77. The number of nitrogens with two attached hydrogens (primary N) is 1. The van der Waals surface area contributed by atoms with E-state index in [1.807, 2.05) is 51.1 Å². The summed E-state index contributed by atoms with van der Waals surface area (Å²) in [5.74, 6) is -2.38. The molecule has 2 aromatic rings. The number of aryl methyl sites for hydroxylation is 2. The number of carbonyl (C=O) groups excluding carboxylic acids is 4. The van der Waals surface area contributed by atoms with Crippen LogP contribution in [-0.2, 0) is 30.3 Å². The first kappa shape index (κ1) is 27.1. The lowest BCUT2D eigenvalue weighted by atomic mass is 9.86. The lowest BCUT2D eigenvalue weighted by molar-refractivity contribution is -0.145. The van der Waals surface area contributed by atoms with Crippen LogP contribution in [0, 0.1) is 26.7 Å². The van der Waals surface area contributed by atoms with Crippen molar-refractivity contribution in [2.45, 2.75) is 52.6 Å². The number of esters is 1. The number of amides is 2. The Morgan fingerprint density at radius 2 is 1.75 bits per heavy atom. The van der Waals surface area contributed by atoms with E-state index in [4.69, 9.17) is 10.5 Å². The molecule has 0 unspecified atom stereocenters. The van der Waals surface area contributed by atoms with Crippen LogP contribution in [0.1, 0.15) is 47.2 Å². The summed E-state index contributed by atoms with van der Waals surface area (Å²) < 4.78 is 4.95. The Kier molecular flexibility index (Phi) is 8.30. The minimum atomic E-state index is -0.903. The van der Waals surface area contributed by atoms with E-state index in [0.29, 0.717) is 5.56 Å². The van der Waals surface area contributed by atoms with Crippen molar-refractivity contribution in [3.63, 3.8) is 0 Å². The van der Waals surface area contributed by atoms with Crippen LogP contribution in [0.2, 0.25) is 0 Å². The second-order valence-electron chi connectivity index (χ2n) is 9.63. The minimum Gasteiger partial charge on any atom is -0.467 e. The molecule has 0 aromatic heterocycles. The minimum absolute atomic E-state index is 0.112. The summed E-state index contributed by atoms with van der Waals surface area (Å²) in [6.45, 7) is 7.41. The van der Waals surface area contributed by atoms with Crippen molar-refractivity contribution in [2.75, 3.05) is 20.7 Å². The average molecular weight is 494 g/mol. The van der Waals surface area contributed by atoms with Crippen LogP contribution >= 0.6 is 0 Å². The molecular weight excluding hydrogens is 458 g/mol. The Bertz CT molecular complexity index is 1210. The van der Waals surface area contributed by atoms with Crippen molar-refractivity contribution < 1.29 is 23.9 Å². The Morgan fingerprint density at radius 3 is 2.39 bits per heavy atom. The third-order valence-corrected chi connectivity index (χ3v) is 7.05. The first-order valence-corrected chi connectivity index (χ1v) is 12.1. The van der Waals surface area contributed by atoms with Gasteiger partial charge in [0.15, 0.2) is 5.78 Å². The van der Waals surface area contributed by atoms with Gasteiger partial charge >= 0.3 is 5.97 Å². The maximum atomic E-state index is 13.6. The van der Waals surface area contributed by atoms with E-state index in [1.54, 1.807) is 14.0 Å². The van der Waals surface area contributed by atoms with E-state index >= 15 is 0 Å². The van der Waals surface area contributed by atoms with Gasteiger partial charge in [-0.15, -0.1) is 0 Å². The number of nitrogens with one attached hydrogen (secondary N) is 1. The summed E-state index contributed by atoms with van der Waals surface area (Å²) in [5.41, 5.74) is 12.1. The highest BCUT2D eigenvalue weighted by atomic mass is 16.5. The molecule has 2 amide bonds. The molecule has 0 saturated heterocycles. The Hall–Kier alpha value is -3.52. The van der Waals surface area contributed by atoms with Crippen molar-refractivity contribution in [3.05, 3.63) is 58.1 Å². The fraction of sp³-hybridized carbons (Fsp3) is 0.429. The number of benzene rings is 2. The number of methoxy groups -OCH3 is 1. The van der Waals surface area contributed by atoms with Gasteiger partial charge in [0.05, 0.1) is 13.7 Å². The highest BCUT2D eigenvalue weighted by Gasteiger charge is 2.32. The molecule has 1 aliphatic heterocycles. The normalized spacial score (nSPS) is 20.2. The quantitative estimate of drug-likeness (QED) is 0.635. The maximum absolute atomic E-state index is 13.6. The topological polar surface area (TPSA) is 119 Å². The summed E-state index contributed by atoms with van der Waals surface area (Å²) >= 11 is 0. The van der Waals surface area contributed by atoms with Gasteiger partial charge in [-0.1, -0.05) is 31.2 Å². The summed E-state index contributed by atoms with van der Waals surface area (Å²) in [6, 6.07) is 7.94. The fourth-order valence-electron chi connectivity index (χ4n) is 4.74. The van der Waals surface area contributed by atoms with Crippen LogP contribution in [0.25, 0.3) is 11.1 Å². The van der Waals surface area contributed by atoms with Crippen molar-refractivity contribution in [1.29, 1.82) is 0 Å². The summed E-state index contributed by atoms with van der Waals surface area (Å²) in [6.07, 6.45) is 0.140. The first-order chi connectivity index (χ1) is 17.0. The van der Waals surface area contributed by atoms with Crippen molar-refractivity contribution >= 4 is 23.6 Å². The van der Waals surface area contributed by atoms with E-state index in [2.05, 4.69) is 5.32 Å². The number of nitrogens with zero attached hydrogens (tertiary/aromatic N) is 1. The molecule has 8 nitrogen and oxygen atoms in total. The molecule has 3 rings (SSSR count). The first-order valence-electron chi connectivity index (χ1n) is 12.1. The second-order valence-corrected chi connectivity index (χ2v) is 9.63. The van der Waals surface area contributed by atoms with Crippen molar-refractivity contribution in [1.82, 2.24) is 10.2 Å². The molecule has 1 aliphatic rings. The molecule has 192 valence electrons. The van der Waals surface area contributed by atoms with Crippen LogP contribution in [0.4, 0.5) is 0 Å². The zero-order chi connectivity index (χ0) is 26.7. The molecule has 8 heteroatoms. The Labute approximate surface area is 212 Å². The highest BCUT2D eigenvalue weighted by molar-refractivity contribution is 5.94. The third kappa shape index (κ3) is 5.49. The lowest BCUT2D eigenvalue weighted by Crippen LogP contribution is -2.46. The van der Waals surface area contributed by atoms with E-state index in [9.17, 15) is 19.2 Å². The van der Waals surface area contributed by atoms with Gasteiger partial charge in [-0.2, -0.15) is 0 Å². The fourth-order valence-corrected chi connectivity index (χ4v) is 4.74. The van der Waals surface area contributed by atoms with E-state index < -0.39 is 29.9 Å². The highest BCUT2D eigenvalue weighted by Crippen LogP contribution is 2.34. The predicted octanol–water partition coefficient (Wildman–Crippen LogP) is 2.55. The molecule has 36 heavy (non-hydrogen) atoms. The van der Waals surface area contributed by atoms with Crippen LogP contribution in [0.5, 0.6) is 0 Å². The Morgan fingerprint density at radius 1 is 1.06 bits per heavy atom. The van der Waals surface area contributed by atoms with Gasteiger partial charge in [-0.05, 0) is 65.8 Å². The molecule has 2 aromatic carbocycles. The molecule has 0 radical (unpaired) electrons. The smallest absolute Gasteiger partial charge is 0.328 e. The number of hydrogen-bond donors (Lipinski definition) is 2.